The molecule has 1 heterocycles. The minimum Gasteiger partial charge on any atom is -0.457 e. The Morgan fingerprint density at radius 2 is 1.18 bits per heavy atom. The summed E-state index contributed by atoms with van der Waals surface area (Å²) in [7, 11) is 0. The van der Waals surface area contributed by atoms with Gasteiger partial charge in [-0.2, -0.15) is 0 Å². The molecule has 0 saturated heterocycles. The Morgan fingerprint density at radius 3 is 1.82 bits per heavy atom. The number of ether oxygens (including phenoxy) is 1. The first-order chi connectivity index (χ1) is 10.9. The predicted octanol–water partition coefficient (Wildman–Crippen LogP) is 4.50. The molecule has 0 fully saturated rings. The number of benzene rings is 3. The largest absolute Gasteiger partial charge is 0.457 e. The third kappa shape index (κ3) is 2.32. The Morgan fingerprint density at radius 1 is 0.636 bits per heavy atom. The number of hydrogen-bond donors (Lipinski definition) is 2. The Kier molecular flexibility index (Phi) is 3.26. The zero-order chi connectivity index (χ0) is 14.8. The van der Waals surface area contributed by atoms with Crippen molar-refractivity contribution in [2.45, 2.75) is 6.04 Å². The Labute approximate surface area is 129 Å². The lowest BCUT2D eigenvalue weighted by Gasteiger charge is -2.29. The van der Waals surface area contributed by atoms with E-state index in [1.54, 1.807) is 0 Å². The van der Waals surface area contributed by atoms with Gasteiger partial charge in [0.05, 0.1) is 6.04 Å². The zero-order valence-corrected chi connectivity index (χ0v) is 12.0. The average molecular weight is 288 g/mol. The van der Waals surface area contributed by atoms with Gasteiger partial charge in [0.15, 0.2) is 0 Å². The number of anilines is 1. The molecule has 0 aliphatic carbocycles. The highest BCUT2D eigenvalue weighted by atomic mass is 16.5. The summed E-state index contributed by atoms with van der Waals surface area (Å²) in [6, 6.07) is 26.4. The van der Waals surface area contributed by atoms with Gasteiger partial charge in [-0.05, 0) is 24.3 Å². The molecule has 3 heteroatoms. The third-order valence-electron chi connectivity index (χ3n) is 3.81. The van der Waals surface area contributed by atoms with Crippen LogP contribution >= 0.6 is 0 Å². The van der Waals surface area contributed by atoms with Crippen LogP contribution in [0.4, 0.5) is 5.69 Å². The second kappa shape index (κ2) is 5.54. The first kappa shape index (κ1) is 12.9. The minimum atomic E-state index is 0.0429. The van der Waals surface area contributed by atoms with Crippen molar-refractivity contribution in [2.24, 2.45) is 0 Å². The summed E-state index contributed by atoms with van der Waals surface area (Å²) in [6.45, 7) is 0. The molecule has 0 atom stereocenters. The van der Waals surface area contributed by atoms with Crippen molar-refractivity contribution >= 4 is 5.69 Å². The molecular weight excluding hydrogens is 272 g/mol. The normalized spacial score (nSPS) is 12.9. The van der Waals surface area contributed by atoms with Gasteiger partial charge in [-0.25, -0.2) is 5.43 Å². The van der Waals surface area contributed by atoms with Crippen LogP contribution in [0.15, 0.2) is 78.9 Å². The van der Waals surface area contributed by atoms with E-state index in [4.69, 9.17) is 4.74 Å². The van der Waals surface area contributed by atoms with Gasteiger partial charge in [-0.1, -0.05) is 54.6 Å². The first-order valence-corrected chi connectivity index (χ1v) is 7.34. The number of nitrogens with one attached hydrogen (secondary N) is 2. The van der Waals surface area contributed by atoms with Gasteiger partial charge < -0.3 is 10.2 Å². The van der Waals surface area contributed by atoms with E-state index < -0.39 is 0 Å². The molecule has 0 saturated carbocycles. The van der Waals surface area contributed by atoms with Crippen LogP contribution in [0, 0.1) is 0 Å². The van der Waals surface area contributed by atoms with Crippen molar-refractivity contribution in [2.75, 3.05) is 5.43 Å². The predicted molar refractivity (Wildman–Crippen MR) is 88.0 cm³/mol. The molecule has 2 N–H and O–H groups in total. The highest BCUT2D eigenvalue weighted by molar-refractivity contribution is 5.53. The molecule has 4 rings (SSSR count). The lowest BCUT2D eigenvalue weighted by Crippen LogP contribution is -2.30. The monoisotopic (exact) mass is 288 g/mol. The molecule has 108 valence electrons. The number of hydrazine groups is 1. The van der Waals surface area contributed by atoms with Crippen LogP contribution in [0.1, 0.15) is 17.2 Å². The first-order valence-electron chi connectivity index (χ1n) is 7.34. The van der Waals surface area contributed by atoms with Gasteiger partial charge in [0.25, 0.3) is 0 Å². The molecule has 3 aromatic carbocycles. The van der Waals surface area contributed by atoms with Gasteiger partial charge in [0.1, 0.15) is 11.5 Å². The minimum absolute atomic E-state index is 0.0429. The summed E-state index contributed by atoms with van der Waals surface area (Å²) in [5.74, 6) is 1.79. The Hall–Kier alpha value is -2.78. The van der Waals surface area contributed by atoms with Crippen LogP contribution in [-0.2, 0) is 0 Å². The fraction of sp³-hybridized carbons (Fsp3) is 0.0526. The maximum atomic E-state index is 5.99. The summed E-state index contributed by atoms with van der Waals surface area (Å²) >= 11 is 0. The molecule has 0 radical (unpaired) electrons. The molecule has 1 aliphatic rings. The fourth-order valence-electron chi connectivity index (χ4n) is 2.74. The standard InChI is InChI=1S/C19H16N2O/c1-2-8-14(9-3-1)20-21-19-15-10-4-6-12-17(15)22-18-13-7-5-11-16(18)19/h1-13,19-21H. The van der Waals surface area contributed by atoms with Gasteiger partial charge in [0.2, 0.25) is 0 Å². The van der Waals surface area contributed by atoms with Gasteiger partial charge in [0, 0.05) is 16.8 Å². The average Bonchev–Trinajstić information content (AvgIpc) is 2.59. The number of hydrogen-bond acceptors (Lipinski definition) is 3. The van der Waals surface area contributed by atoms with Crippen LogP contribution < -0.4 is 15.6 Å². The highest BCUT2D eigenvalue weighted by Gasteiger charge is 2.26. The number of rotatable bonds is 3. The van der Waals surface area contributed by atoms with Crippen LogP contribution in [0.3, 0.4) is 0 Å². The summed E-state index contributed by atoms with van der Waals surface area (Å²) < 4.78 is 5.99. The molecule has 3 aromatic rings. The van der Waals surface area contributed by atoms with Crippen LogP contribution in [0.2, 0.25) is 0 Å². The van der Waals surface area contributed by atoms with Crippen LogP contribution in [0.5, 0.6) is 11.5 Å². The van der Waals surface area contributed by atoms with Gasteiger partial charge in [-0.3, -0.25) is 0 Å². The zero-order valence-electron chi connectivity index (χ0n) is 12.0. The van der Waals surface area contributed by atoms with E-state index in [-0.39, 0.29) is 6.04 Å². The molecule has 22 heavy (non-hydrogen) atoms. The maximum absolute atomic E-state index is 5.99. The summed E-state index contributed by atoms with van der Waals surface area (Å²) in [5, 5.41) is 0. The van der Waals surface area contributed by atoms with Crippen LogP contribution in [-0.4, -0.2) is 0 Å². The molecule has 0 spiro atoms. The SMILES string of the molecule is c1ccc(NNC2c3ccccc3Oc3ccccc32)cc1. The summed E-state index contributed by atoms with van der Waals surface area (Å²) in [4.78, 5) is 0. The smallest absolute Gasteiger partial charge is 0.132 e. The molecule has 3 nitrogen and oxygen atoms in total. The summed E-state index contributed by atoms with van der Waals surface area (Å²) in [6.07, 6.45) is 0. The quantitative estimate of drug-likeness (QED) is 0.696. The summed E-state index contributed by atoms with van der Waals surface area (Å²) in [5.41, 5.74) is 10.0. The van der Waals surface area contributed by atoms with E-state index in [9.17, 15) is 0 Å². The molecule has 0 amide bonds. The molecule has 0 bridgehead atoms. The lowest BCUT2D eigenvalue weighted by molar-refractivity contribution is 0.435. The topological polar surface area (TPSA) is 33.3 Å². The van der Waals surface area contributed by atoms with Crippen molar-refractivity contribution in [3.05, 3.63) is 90.0 Å². The van der Waals surface area contributed by atoms with E-state index in [2.05, 4.69) is 23.0 Å². The second-order valence-corrected chi connectivity index (χ2v) is 5.25. The molecule has 1 aliphatic heterocycles. The van der Waals surface area contributed by atoms with E-state index in [1.165, 1.54) is 0 Å². The van der Waals surface area contributed by atoms with E-state index in [1.807, 2.05) is 66.7 Å². The van der Waals surface area contributed by atoms with Crippen molar-refractivity contribution in [3.63, 3.8) is 0 Å². The molecular formula is C19H16N2O. The van der Waals surface area contributed by atoms with E-state index in [0.29, 0.717) is 0 Å². The van der Waals surface area contributed by atoms with Gasteiger partial charge in [-0.15, -0.1) is 0 Å². The van der Waals surface area contributed by atoms with Crippen molar-refractivity contribution < 1.29 is 4.74 Å². The highest BCUT2D eigenvalue weighted by Crippen LogP contribution is 2.42. The van der Waals surface area contributed by atoms with Crippen molar-refractivity contribution in [3.8, 4) is 11.5 Å². The van der Waals surface area contributed by atoms with E-state index in [0.717, 1.165) is 28.3 Å². The Balaban J connectivity index is 1.69. The van der Waals surface area contributed by atoms with Crippen molar-refractivity contribution in [1.29, 1.82) is 0 Å². The molecule has 0 unspecified atom stereocenters. The van der Waals surface area contributed by atoms with E-state index >= 15 is 0 Å². The number of para-hydroxylation sites is 3. The third-order valence-corrected chi connectivity index (χ3v) is 3.81. The van der Waals surface area contributed by atoms with Gasteiger partial charge >= 0.3 is 0 Å². The van der Waals surface area contributed by atoms with Crippen molar-refractivity contribution in [1.82, 2.24) is 5.43 Å². The van der Waals surface area contributed by atoms with Crippen LogP contribution in [0.25, 0.3) is 0 Å². The molecule has 0 aromatic heterocycles. The lowest BCUT2D eigenvalue weighted by atomic mass is 9.95. The Bertz CT molecular complexity index is 741. The number of fused-ring (bicyclic) bond motifs is 2. The second-order valence-electron chi connectivity index (χ2n) is 5.25. The fourth-order valence-corrected chi connectivity index (χ4v) is 2.74. The maximum Gasteiger partial charge on any atom is 0.132 e.